The summed E-state index contributed by atoms with van der Waals surface area (Å²) in [5.41, 5.74) is 1.24. The molecule has 0 fully saturated rings. The summed E-state index contributed by atoms with van der Waals surface area (Å²) < 4.78 is 5.05. The van der Waals surface area contributed by atoms with Gasteiger partial charge >= 0.3 is 0 Å². The molecule has 2 rings (SSSR count). The Morgan fingerprint density at radius 2 is 1.71 bits per heavy atom. The molecule has 3 heteroatoms. The topological polar surface area (TPSA) is 26.3 Å². The van der Waals surface area contributed by atoms with E-state index in [9.17, 15) is 4.79 Å². The number of carbonyl (C=O) groups excluding carboxylic acids is 1. The van der Waals surface area contributed by atoms with E-state index in [0.29, 0.717) is 16.0 Å². The van der Waals surface area contributed by atoms with E-state index in [1.807, 2.05) is 12.1 Å². The SMILES string of the molecule is COc1ccc(C(=O)c2ccccc2S)cc1. The predicted octanol–water partition coefficient (Wildman–Crippen LogP) is 3.21. The molecule has 0 spiro atoms. The van der Waals surface area contributed by atoms with E-state index >= 15 is 0 Å². The number of hydrogen-bond donors (Lipinski definition) is 1. The Labute approximate surface area is 106 Å². The van der Waals surface area contributed by atoms with Crippen LogP contribution in [0, 0.1) is 0 Å². The van der Waals surface area contributed by atoms with Crippen LogP contribution < -0.4 is 4.74 Å². The summed E-state index contributed by atoms with van der Waals surface area (Å²) in [7, 11) is 1.60. The molecule has 0 saturated heterocycles. The van der Waals surface area contributed by atoms with Crippen molar-refractivity contribution in [3.63, 3.8) is 0 Å². The first kappa shape index (κ1) is 11.7. The minimum Gasteiger partial charge on any atom is -0.497 e. The van der Waals surface area contributed by atoms with Crippen molar-refractivity contribution in [2.75, 3.05) is 7.11 Å². The maximum Gasteiger partial charge on any atom is 0.194 e. The van der Waals surface area contributed by atoms with Crippen LogP contribution in [0.5, 0.6) is 5.75 Å². The molecular formula is C14H12O2S. The van der Waals surface area contributed by atoms with Crippen molar-refractivity contribution in [1.29, 1.82) is 0 Å². The Morgan fingerprint density at radius 3 is 2.29 bits per heavy atom. The zero-order chi connectivity index (χ0) is 12.3. The third kappa shape index (κ3) is 2.50. The summed E-state index contributed by atoms with van der Waals surface area (Å²) in [6, 6.07) is 14.3. The molecule has 0 unspecified atom stereocenters. The van der Waals surface area contributed by atoms with Crippen LogP contribution in [-0.4, -0.2) is 12.9 Å². The van der Waals surface area contributed by atoms with Gasteiger partial charge in [0.05, 0.1) is 7.11 Å². The fraction of sp³-hybridized carbons (Fsp3) is 0.0714. The van der Waals surface area contributed by atoms with Crippen molar-refractivity contribution in [3.8, 4) is 5.75 Å². The quantitative estimate of drug-likeness (QED) is 0.663. The van der Waals surface area contributed by atoms with Gasteiger partial charge in [-0.15, -0.1) is 12.6 Å². The van der Waals surface area contributed by atoms with Crippen molar-refractivity contribution < 1.29 is 9.53 Å². The number of methoxy groups -OCH3 is 1. The predicted molar refractivity (Wildman–Crippen MR) is 70.1 cm³/mol. The fourth-order valence-electron chi connectivity index (χ4n) is 1.56. The zero-order valence-electron chi connectivity index (χ0n) is 9.38. The van der Waals surface area contributed by atoms with Gasteiger partial charge in [0, 0.05) is 16.0 Å². The minimum atomic E-state index is -0.0294. The van der Waals surface area contributed by atoms with E-state index in [1.54, 1.807) is 43.5 Å². The smallest absolute Gasteiger partial charge is 0.194 e. The molecule has 0 aliphatic rings. The van der Waals surface area contributed by atoms with E-state index in [0.717, 1.165) is 5.75 Å². The summed E-state index contributed by atoms with van der Waals surface area (Å²) in [5, 5.41) is 0. The van der Waals surface area contributed by atoms with Gasteiger partial charge in [-0.1, -0.05) is 12.1 Å². The lowest BCUT2D eigenvalue weighted by atomic mass is 10.0. The first-order valence-electron chi connectivity index (χ1n) is 5.19. The minimum absolute atomic E-state index is 0.0294. The molecule has 0 bridgehead atoms. The first-order chi connectivity index (χ1) is 8.22. The Balaban J connectivity index is 2.34. The van der Waals surface area contributed by atoms with Crippen LogP contribution >= 0.6 is 12.6 Å². The van der Waals surface area contributed by atoms with Crippen molar-refractivity contribution in [2.24, 2.45) is 0 Å². The van der Waals surface area contributed by atoms with Crippen LogP contribution in [0.25, 0.3) is 0 Å². The third-order valence-corrected chi connectivity index (χ3v) is 2.89. The van der Waals surface area contributed by atoms with Gasteiger partial charge in [0.1, 0.15) is 5.75 Å². The van der Waals surface area contributed by atoms with Crippen molar-refractivity contribution in [3.05, 3.63) is 59.7 Å². The highest BCUT2D eigenvalue weighted by molar-refractivity contribution is 7.80. The lowest BCUT2D eigenvalue weighted by molar-refractivity contribution is 0.103. The molecule has 0 heterocycles. The Bertz CT molecular complexity index is 532. The number of rotatable bonds is 3. The fourth-order valence-corrected chi connectivity index (χ4v) is 1.83. The van der Waals surface area contributed by atoms with Crippen LogP contribution in [0.2, 0.25) is 0 Å². The highest BCUT2D eigenvalue weighted by Gasteiger charge is 2.11. The Morgan fingerprint density at radius 1 is 1.06 bits per heavy atom. The Hall–Kier alpha value is -1.74. The molecule has 17 heavy (non-hydrogen) atoms. The number of ether oxygens (including phenoxy) is 1. The second kappa shape index (κ2) is 5.06. The summed E-state index contributed by atoms with van der Waals surface area (Å²) in [6.07, 6.45) is 0. The van der Waals surface area contributed by atoms with Crippen molar-refractivity contribution in [2.45, 2.75) is 4.90 Å². The number of hydrogen-bond acceptors (Lipinski definition) is 3. The van der Waals surface area contributed by atoms with E-state index in [-0.39, 0.29) is 5.78 Å². The number of thiol groups is 1. The molecule has 0 aromatic heterocycles. The average Bonchev–Trinajstić information content (AvgIpc) is 2.39. The molecule has 0 amide bonds. The third-order valence-electron chi connectivity index (χ3n) is 2.50. The second-order valence-corrected chi connectivity index (χ2v) is 4.06. The largest absolute Gasteiger partial charge is 0.497 e. The Kier molecular flexibility index (Phi) is 3.49. The van der Waals surface area contributed by atoms with Gasteiger partial charge in [-0.2, -0.15) is 0 Å². The number of ketones is 1. The van der Waals surface area contributed by atoms with Gasteiger partial charge in [0.15, 0.2) is 5.78 Å². The molecule has 0 aliphatic carbocycles. The van der Waals surface area contributed by atoms with Gasteiger partial charge in [-0.25, -0.2) is 0 Å². The first-order valence-corrected chi connectivity index (χ1v) is 5.64. The number of carbonyl (C=O) groups is 1. The van der Waals surface area contributed by atoms with Gasteiger partial charge in [-0.05, 0) is 36.4 Å². The maximum absolute atomic E-state index is 12.2. The molecule has 0 saturated carbocycles. The van der Waals surface area contributed by atoms with E-state index in [1.165, 1.54) is 0 Å². The van der Waals surface area contributed by atoms with Crippen LogP contribution in [0.15, 0.2) is 53.4 Å². The molecule has 2 aromatic rings. The van der Waals surface area contributed by atoms with Gasteiger partial charge in [-0.3, -0.25) is 4.79 Å². The standard InChI is InChI=1S/C14H12O2S/c1-16-11-8-6-10(7-9-11)14(15)12-4-2-3-5-13(12)17/h2-9,17H,1H3. The highest BCUT2D eigenvalue weighted by atomic mass is 32.1. The normalized spacial score (nSPS) is 10.0. The van der Waals surface area contributed by atoms with Gasteiger partial charge < -0.3 is 4.74 Å². The maximum atomic E-state index is 12.2. The van der Waals surface area contributed by atoms with Gasteiger partial charge in [0.2, 0.25) is 0 Å². The lowest BCUT2D eigenvalue weighted by Crippen LogP contribution is -2.02. The second-order valence-electron chi connectivity index (χ2n) is 3.57. The summed E-state index contributed by atoms with van der Waals surface area (Å²) in [5.74, 6) is 0.707. The molecule has 2 aromatic carbocycles. The molecule has 0 atom stereocenters. The lowest BCUT2D eigenvalue weighted by Gasteiger charge is -2.05. The average molecular weight is 244 g/mol. The number of benzene rings is 2. The highest BCUT2D eigenvalue weighted by Crippen LogP contribution is 2.19. The molecule has 2 nitrogen and oxygen atoms in total. The monoisotopic (exact) mass is 244 g/mol. The summed E-state index contributed by atoms with van der Waals surface area (Å²) in [6.45, 7) is 0. The summed E-state index contributed by atoms with van der Waals surface area (Å²) >= 11 is 4.28. The van der Waals surface area contributed by atoms with Crippen LogP contribution in [0.4, 0.5) is 0 Å². The molecule has 86 valence electrons. The molecule has 0 aliphatic heterocycles. The summed E-state index contributed by atoms with van der Waals surface area (Å²) in [4.78, 5) is 12.9. The van der Waals surface area contributed by atoms with Crippen LogP contribution in [0.3, 0.4) is 0 Å². The molecule has 0 radical (unpaired) electrons. The van der Waals surface area contributed by atoms with E-state index in [2.05, 4.69) is 12.6 Å². The van der Waals surface area contributed by atoms with E-state index in [4.69, 9.17) is 4.74 Å². The molecule has 0 N–H and O–H groups in total. The zero-order valence-corrected chi connectivity index (χ0v) is 10.3. The van der Waals surface area contributed by atoms with Crippen molar-refractivity contribution >= 4 is 18.4 Å². The van der Waals surface area contributed by atoms with Crippen LogP contribution in [-0.2, 0) is 0 Å². The van der Waals surface area contributed by atoms with Gasteiger partial charge in [0.25, 0.3) is 0 Å². The van der Waals surface area contributed by atoms with E-state index < -0.39 is 0 Å². The van der Waals surface area contributed by atoms with Crippen LogP contribution in [0.1, 0.15) is 15.9 Å². The van der Waals surface area contributed by atoms with Crippen molar-refractivity contribution in [1.82, 2.24) is 0 Å². The molecular weight excluding hydrogens is 232 g/mol.